The summed E-state index contributed by atoms with van der Waals surface area (Å²) in [5.41, 5.74) is 1.11. The minimum absolute atomic E-state index is 0.849. The molecule has 0 amide bonds. The van der Waals surface area contributed by atoms with Gasteiger partial charge in [0.2, 0.25) is 0 Å². The fourth-order valence-corrected chi connectivity index (χ4v) is 2.37. The highest BCUT2D eigenvalue weighted by molar-refractivity contribution is 5.79. The van der Waals surface area contributed by atoms with Crippen LogP contribution in [0, 0.1) is 0 Å². The lowest BCUT2D eigenvalue weighted by Gasteiger charge is -2.17. The molecule has 0 aliphatic carbocycles. The molecule has 5 heteroatoms. The van der Waals surface area contributed by atoms with Crippen LogP contribution >= 0.6 is 0 Å². The van der Waals surface area contributed by atoms with Gasteiger partial charge in [0.25, 0.3) is 0 Å². The molecule has 2 N–H and O–H groups in total. The van der Waals surface area contributed by atoms with E-state index in [0.29, 0.717) is 0 Å². The van der Waals surface area contributed by atoms with E-state index in [1.54, 1.807) is 0 Å². The van der Waals surface area contributed by atoms with Gasteiger partial charge in [0, 0.05) is 37.9 Å². The number of nitrogens with one attached hydrogen (secondary N) is 2. The Kier molecular flexibility index (Phi) is 10.9. The van der Waals surface area contributed by atoms with Crippen molar-refractivity contribution in [1.29, 1.82) is 0 Å². The molecule has 0 aromatic carbocycles. The molecule has 0 fully saturated rings. The van der Waals surface area contributed by atoms with Crippen molar-refractivity contribution < 1.29 is 0 Å². The molecule has 0 aliphatic rings. The van der Waals surface area contributed by atoms with E-state index in [0.717, 1.165) is 57.2 Å². The molecule has 0 spiro atoms. The summed E-state index contributed by atoms with van der Waals surface area (Å²) in [7, 11) is 0. The van der Waals surface area contributed by atoms with E-state index in [2.05, 4.69) is 52.3 Å². The maximum Gasteiger partial charge on any atom is 0.191 e. The van der Waals surface area contributed by atoms with E-state index in [9.17, 15) is 0 Å². The molecule has 1 aromatic rings. The highest BCUT2D eigenvalue weighted by Gasteiger charge is 2.00. The van der Waals surface area contributed by atoms with E-state index in [1.165, 1.54) is 13.0 Å². The predicted molar refractivity (Wildman–Crippen MR) is 98.9 cm³/mol. The summed E-state index contributed by atoms with van der Waals surface area (Å²) in [6.45, 7) is 12.6. The average molecular weight is 319 g/mol. The molecule has 130 valence electrons. The molecule has 1 heterocycles. The van der Waals surface area contributed by atoms with Gasteiger partial charge in [-0.15, -0.1) is 0 Å². The van der Waals surface area contributed by atoms with Crippen LogP contribution in [0.25, 0.3) is 0 Å². The number of hydrogen-bond acceptors (Lipinski definition) is 3. The minimum atomic E-state index is 0.849. The van der Waals surface area contributed by atoms with Crippen LogP contribution in [-0.2, 0) is 6.42 Å². The van der Waals surface area contributed by atoms with Crippen molar-refractivity contribution in [1.82, 2.24) is 20.5 Å². The third-order valence-electron chi connectivity index (χ3n) is 3.79. The number of pyridine rings is 1. The molecule has 5 nitrogen and oxygen atoms in total. The van der Waals surface area contributed by atoms with Crippen LogP contribution in [0.3, 0.4) is 0 Å². The van der Waals surface area contributed by atoms with Gasteiger partial charge in [-0.25, -0.2) is 0 Å². The van der Waals surface area contributed by atoms with Crippen molar-refractivity contribution in [3.05, 3.63) is 30.1 Å². The van der Waals surface area contributed by atoms with Crippen LogP contribution in [-0.4, -0.2) is 55.1 Å². The first-order chi connectivity index (χ1) is 11.3. The smallest absolute Gasteiger partial charge is 0.191 e. The molecule has 0 atom stereocenters. The number of aliphatic imine (C=N–C) groups is 1. The Morgan fingerprint density at radius 3 is 2.61 bits per heavy atom. The van der Waals surface area contributed by atoms with E-state index in [-0.39, 0.29) is 0 Å². The van der Waals surface area contributed by atoms with Crippen molar-refractivity contribution >= 4 is 5.96 Å². The summed E-state index contributed by atoms with van der Waals surface area (Å²) in [5.74, 6) is 0.909. The Morgan fingerprint density at radius 2 is 1.96 bits per heavy atom. The van der Waals surface area contributed by atoms with Gasteiger partial charge in [-0.3, -0.25) is 9.98 Å². The maximum atomic E-state index is 4.65. The number of rotatable bonds is 11. The summed E-state index contributed by atoms with van der Waals surface area (Å²) < 4.78 is 0. The molecule has 0 saturated carbocycles. The number of nitrogens with zero attached hydrogens (tertiary/aromatic N) is 3. The highest BCUT2D eigenvalue weighted by atomic mass is 15.2. The van der Waals surface area contributed by atoms with E-state index < -0.39 is 0 Å². The van der Waals surface area contributed by atoms with Gasteiger partial charge in [0.15, 0.2) is 5.96 Å². The molecule has 0 saturated heterocycles. The molecule has 0 radical (unpaired) electrons. The summed E-state index contributed by atoms with van der Waals surface area (Å²) in [5, 5.41) is 6.68. The molecule has 0 bridgehead atoms. The number of aromatic nitrogens is 1. The number of unbranched alkanes of at least 4 members (excludes halogenated alkanes) is 1. The molecule has 0 aliphatic heterocycles. The molecule has 1 aromatic heterocycles. The van der Waals surface area contributed by atoms with E-state index >= 15 is 0 Å². The van der Waals surface area contributed by atoms with Crippen molar-refractivity contribution in [2.45, 2.75) is 40.0 Å². The number of guanidine groups is 1. The van der Waals surface area contributed by atoms with Crippen LogP contribution in [0.15, 0.2) is 29.4 Å². The normalized spacial score (nSPS) is 11.7. The lowest BCUT2D eigenvalue weighted by Crippen LogP contribution is -2.38. The zero-order chi connectivity index (χ0) is 16.8. The van der Waals surface area contributed by atoms with Crippen LogP contribution in [0.5, 0.6) is 0 Å². The van der Waals surface area contributed by atoms with Gasteiger partial charge in [-0.2, -0.15) is 0 Å². The van der Waals surface area contributed by atoms with Gasteiger partial charge in [-0.1, -0.05) is 19.9 Å². The van der Waals surface area contributed by atoms with Crippen LogP contribution < -0.4 is 10.6 Å². The summed E-state index contributed by atoms with van der Waals surface area (Å²) in [4.78, 5) is 11.4. The number of hydrogen-bond donors (Lipinski definition) is 2. The standard InChI is InChI=1S/C18H33N5/c1-4-19-18(21-14-9-10-16-23(5-2)6-3)22-15-12-17-11-7-8-13-20-17/h7-8,11,13H,4-6,9-10,12,14-16H2,1-3H3,(H2,19,21,22). The molecular weight excluding hydrogens is 286 g/mol. The first-order valence-corrected chi connectivity index (χ1v) is 8.94. The van der Waals surface area contributed by atoms with Gasteiger partial charge >= 0.3 is 0 Å². The second-order valence-electron chi connectivity index (χ2n) is 5.49. The second-order valence-corrected chi connectivity index (χ2v) is 5.49. The Bertz CT molecular complexity index is 415. The second kappa shape index (κ2) is 12.9. The molecular formula is C18H33N5. The van der Waals surface area contributed by atoms with Crippen molar-refractivity contribution in [2.75, 3.05) is 39.3 Å². The van der Waals surface area contributed by atoms with Crippen LogP contribution in [0.1, 0.15) is 39.3 Å². The zero-order valence-corrected chi connectivity index (χ0v) is 15.0. The predicted octanol–water partition coefficient (Wildman–Crippen LogP) is 2.30. The average Bonchev–Trinajstić information content (AvgIpc) is 2.59. The lowest BCUT2D eigenvalue weighted by molar-refractivity contribution is 0.297. The summed E-state index contributed by atoms with van der Waals surface area (Å²) in [6, 6.07) is 6.02. The van der Waals surface area contributed by atoms with Crippen molar-refractivity contribution in [3.8, 4) is 0 Å². The zero-order valence-electron chi connectivity index (χ0n) is 15.0. The lowest BCUT2D eigenvalue weighted by atomic mass is 10.3. The fraction of sp³-hybridized carbons (Fsp3) is 0.667. The van der Waals surface area contributed by atoms with Crippen LogP contribution in [0.2, 0.25) is 0 Å². The first-order valence-electron chi connectivity index (χ1n) is 8.94. The van der Waals surface area contributed by atoms with Gasteiger partial charge < -0.3 is 15.5 Å². The first kappa shape index (κ1) is 19.4. The molecule has 0 unspecified atom stereocenters. The topological polar surface area (TPSA) is 52.6 Å². The van der Waals surface area contributed by atoms with Crippen LogP contribution in [0.4, 0.5) is 0 Å². The molecule has 23 heavy (non-hydrogen) atoms. The largest absolute Gasteiger partial charge is 0.357 e. The Balaban J connectivity index is 2.24. The van der Waals surface area contributed by atoms with Crippen molar-refractivity contribution in [3.63, 3.8) is 0 Å². The van der Waals surface area contributed by atoms with Gasteiger partial charge in [0.1, 0.15) is 0 Å². The highest BCUT2D eigenvalue weighted by Crippen LogP contribution is 1.96. The van der Waals surface area contributed by atoms with E-state index in [1.807, 2.05) is 18.3 Å². The van der Waals surface area contributed by atoms with Gasteiger partial charge in [-0.05, 0) is 51.5 Å². The summed E-state index contributed by atoms with van der Waals surface area (Å²) >= 11 is 0. The SMILES string of the molecule is CCNC(=NCCCCN(CC)CC)NCCc1ccccn1. The third kappa shape index (κ3) is 9.18. The summed E-state index contributed by atoms with van der Waals surface area (Å²) in [6.07, 6.45) is 5.09. The van der Waals surface area contributed by atoms with E-state index in [4.69, 9.17) is 0 Å². The van der Waals surface area contributed by atoms with Crippen molar-refractivity contribution in [2.24, 2.45) is 4.99 Å². The Labute approximate surface area is 141 Å². The Hall–Kier alpha value is -1.62. The minimum Gasteiger partial charge on any atom is -0.357 e. The van der Waals surface area contributed by atoms with Gasteiger partial charge in [0.05, 0.1) is 0 Å². The fourth-order valence-electron chi connectivity index (χ4n) is 2.37. The third-order valence-corrected chi connectivity index (χ3v) is 3.79. The quantitative estimate of drug-likeness (QED) is 0.373. The molecule has 1 rings (SSSR count). The monoisotopic (exact) mass is 319 g/mol. The maximum absolute atomic E-state index is 4.65. The Morgan fingerprint density at radius 1 is 1.13 bits per heavy atom.